The number of piperidine rings is 1. The highest BCUT2D eigenvalue weighted by Gasteiger charge is 2.18. The Morgan fingerprint density at radius 2 is 1.79 bits per heavy atom. The molecule has 0 spiro atoms. The SMILES string of the molecule is CC(Nc1cccc(CN2CCC(CO)CC2)c1)c1cccc(CN(C)C)c1. The van der Waals surface area contributed by atoms with Gasteiger partial charge in [0.15, 0.2) is 0 Å². The number of aliphatic hydroxyl groups is 1. The first-order chi connectivity index (χ1) is 13.5. The predicted molar refractivity (Wildman–Crippen MR) is 117 cm³/mol. The molecule has 1 atom stereocenters. The highest BCUT2D eigenvalue weighted by atomic mass is 16.3. The van der Waals surface area contributed by atoms with Gasteiger partial charge in [-0.1, -0.05) is 36.4 Å². The second-order valence-corrected chi connectivity index (χ2v) is 8.45. The minimum atomic E-state index is 0.262. The fourth-order valence-corrected chi connectivity index (χ4v) is 4.00. The van der Waals surface area contributed by atoms with Gasteiger partial charge >= 0.3 is 0 Å². The van der Waals surface area contributed by atoms with E-state index in [1.54, 1.807) is 0 Å². The fraction of sp³-hybridized carbons (Fsp3) is 0.500. The first-order valence-electron chi connectivity index (χ1n) is 10.5. The summed E-state index contributed by atoms with van der Waals surface area (Å²) < 4.78 is 0. The smallest absolute Gasteiger partial charge is 0.0485 e. The van der Waals surface area contributed by atoms with E-state index in [4.69, 9.17) is 0 Å². The van der Waals surface area contributed by atoms with Crippen LogP contribution in [0.3, 0.4) is 0 Å². The molecule has 28 heavy (non-hydrogen) atoms. The summed E-state index contributed by atoms with van der Waals surface area (Å²) in [6.07, 6.45) is 2.21. The first-order valence-corrected chi connectivity index (χ1v) is 10.5. The summed E-state index contributed by atoms with van der Waals surface area (Å²) in [5, 5.41) is 13.0. The van der Waals surface area contributed by atoms with Gasteiger partial charge in [0.05, 0.1) is 0 Å². The van der Waals surface area contributed by atoms with Crippen molar-refractivity contribution in [3.8, 4) is 0 Å². The number of hydrogen-bond donors (Lipinski definition) is 2. The number of rotatable bonds is 8. The zero-order chi connectivity index (χ0) is 19.9. The zero-order valence-corrected chi connectivity index (χ0v) is 17.6. The second-order valence-electron chi connectivity index (χ2n) is 8.45. The highest BCUT2D eigenvalue weighted by Crippen LogP contribution is 2.23. The average molecular weight is 382 g/mol. The van der Waals surface area contributed by atoms with E-state index in [1.807, 2.05) is 0 Å². The molecule has 0 radical (unpaired) electrons. The van der Waals surface area contributed by atoms with Crippen molar-refractivity contribution in [3.63, 3.8) is 0 Å². The topological polar surface area (TPSA) is 38.7 Å². The zero-order valence-electron chi connectivity index (χ0n) is 17.6. The highest BCUT2D eigenvalue weighted by molar-refractivity contribution is 5.48. The number of benzene rings is 2. The van der Waals surface area contributed by atoms with E-state index < -0.39 is 0 Å². The molecule has 0 aromatic heterocycles. The molecular weight excluding hydrogens is 346 g/mol. The lowest BCUT2D eigenvalue weighted by atomic mass is 9.97. The summed E-state index contributed by atoms with van der Waals surface area (Å²) in [4.78, 5) is 4.70. The molecule has 1 fully saturated rings. The maximum absolute atomic E-state index is 9.31. The third-order valence-corrected chi connectivity index (χ3v) is 5.63. The molecule has 0 amide bonds. The Morgan fingerprint density at radius 3 is 2.50 bits per heavy atom. The summed E-state index contributed by atoms with van der Waals surface area (Å²) in [6, 6.07) is 17.9. The molecule has 4 nitrogen and oxygen atoms in total. The number of nitrogens with one attached hydrogen (secondary N) is 1. The van der Waals surface area contributed by atoms with Crippen LogP contribution in [0, 0.1) is 5.92 Å². The van der Waals surface area contributed by atoms with Gasteiger partial charge < -0.3 is 15.3 Å². The summed E-state index contributed by atoms with van der Waals surface area (Å²) in [6.45, 7) is 6.67. The lowest BCUT2D eigenvalue weighted by molar-refractivity contribution is 0.127. The van der Waals surface area contributed by atoms with Crippen LogP contribution in [-0.4, -0.2) is 48.7 Å². The molecule has 1 heterocycles. The van der Waals surface area contributed by atoms with Crippen LogP contribution in [0.2, 0.25) is 0 Å². The van der Waals surface area contributed by atoms with Crippen molar-refractivity contribution >= 4 is 5.69 Å². The molecule has 1 unspecified atom stereocenters. The predicted octanol–water partition coefficient (Wildman–Crippen LogP) is 4.13. The van der Waals surface area contributed by atoms with E-state index >= 15 is 0 Å². The van der Waals surface area contributed by atoms with Gasteiger partial charge in [-0.2, -0.15) is 0 Å². The van der Waals surface area contributed by atoms with Crippen molar-refractivity contribution in [2.24, 2.45) is 5.92 Å². The van der Waals surface area contributed by atoms with Crippen molar-refractivity contribution < 1.29 is 5.11 Å². The van der Waals surface area contributed by atoms with Gasteiger partial charge in [0.1, 0.15) is 0 Å². The second kappa shape index (κ2) is 10.1. The summed E-state index contributed by atoms with van der Waals surface area (Å²) in [5.74, 6) is 0.494. The van der Waals surface area contributed by atoms with Crippen LogP contribution in [0.4, 0.5) is 5.69 Å². The molecule has 1 aliphatic heterocycles. The van der Waals surface area contributed by atoms with E-state index in [-0.39, 0.29) is 6.04 Å². The number of aliphatic hydroxyl groups excluding tert-OH is 1. The van der Waals surface area contributed by atoms with Crippen molar-refractivity contribution in [1.82, 2.24) is 9.80 Å². The maximum Gasteiger partial charge on any atom is 0.0485 e. The van der Waals surface area contributed by atoms with Gasteiger partial charge in [0.25, 0.3) is 0 Å². The van der Waals surface area contributed by atoms with E-state index in [0.717, 1.165) is 39.0 Å². The molecule has 0 bridgehead atoms. The van der Waals surface area contributed by atoms with Crippen LogP contribution < -0.4 is 5.32 Å². The van der Waals surface area contributed by atoms with Gasteiger partial charge in [-0.25, -0.2) is 0 Å². The Kier molecular flexibility index (Phi) is 7.49. The van der Waals surface area contributed by atoms with Crippen molar-refractivity contribution in [1.29, 1.82) is 0 Å². The van der Waals surface area contributed by atoms with E-state index in [9.17, 15) is 5.11 Å². The standard InChI is InChI=1S/C24H35N3O/c1-19(23-8-4-6-21(14-23)16-26(2)3)25-24-9-5-7-22(15-24)17-27-12-10-20(18-28)11-13-27/h4-9,14-15,19-20,25,28H,10-13,16-18H2,1-3H3. The molecule has 1 saturated heterocycles. The number of likely N-dealkylation sites (tertiary alicyclic amines) is 1. The van der Waals surface area contributed by atoms with Crippen molar-refractivity contribution in [3.05, 3.63) is 65.2 Å². The largest absolute Gasteiger partial charge is 0.396 e. The van der Waals surface area contributed by atoms with Gasteiger partial charge in [-0.15, -0.1) is 0 Å². The van der Waals surface area contributed by atoms with Gasteiger partial charge in [0, 0.05) is 31.4 Å². The van der Waals surface area contributed by atoms with Crippen LogP contribution in [-0.2, 0) is 13.1 Å². The van der Waals surface area contributed by atoms with E-state index in [0.29, 0.717) is 12.5 Å². The van der Waals surface area contributed by atoms with Crippen LogP contribution in [0.1, 0.15) is 42.5 Å². The Balaban J connectivity index is 1.59. The molecule has 0 saturated carbocycles. The quantitative estimate of drug-likeness (QED) is 0.721. The third kappa shape index (κ3) is 6.06. The molecule has 3 rings (SSSR count). The molecule has 152 valence electrons. The monoisotopic (exact) mass is 381 g/mol. The minimum absolute atomic E-state index is 0.262. The Hall–Kier alpha value is -1.88. The van der Waals surface area contributed by atoms with Crippen molar-refractivity contribution in [2.75, 3.05) is 39.1 Å². The van der Waals surface area contributed by atoms with Gasteiger partial charge in [-0.05, 0) is 81.7 Å². The van der Waals surface area contributed by atoms with Gasteiger partial charge in [0.2, 0.25) is 0 Å². The van der Waals surface area contributed by atoms with Crippen LogP contribution >= 0.6 is 0 Å². The lowest BCUT2D eigenvalue weighted by Gasteiger charge is -2.31. The summed E-state index contributed by atoms with van der Waals surface area (Å²) >= 11 is 0. The van der Waals surface area contributed by atoms with Crippen LogP contribution in [0.25, 0.3) is 0 Å². The summed E-state index contributed by atoms with van der Waals surface area (Å²) in [7, 11) is 4.21. The van der Waals surface area contributed by atoms with Crippen LogP contribution in [0.5, 0.6) is 0 Å². The Labute approximate surface area is 170 Å². The maximum atomic E-state index is 9.31. The Bertz CT molecular complexity index is 738. The molecule has 4 heteroatoms. The van der Waals surface area contributed by atoms with Crippen LogP contribution in [0.15, 0.2) is 48.5 Å². The van der Waals surface area contributed by atoms with E-state index in [2.05, 4.69) is 84.7 Å². The lowest BCUT2D eigenvalue weighted by Crippen LogP contribution is -2.34. The minimum Gasteiger partial charge on any atom is -0.396 e. The number of anilines is 1. The average Bonchev–Trinajstić information content (AvgIpc) is 2.68. The van der Waals surface area contributed by atoms with Gasteiger partial charge in [-0.3, -0.25) is 4.90 Å². The van der Waals surface area contributed by atoms with Crippen molar-refractivity contribution in [2.45, 2.75) is 38.9 Å². The summed E-state index contributed by atoms with van der Waals surface area (Å²) in [5.41, 5.74) is 5.18. The molecule has 0 aliphatic carbocycles. The number of nitrogens with zero attached hydrogens (tertiary/aromatic N) is 2. The fourth-order valence-electron chi connectivity index (χ4n) is 4.00. The normalized spacial score (nSPS) is 17.0. The molecule has 2 aromatic carbocycles. The van der Waals surface area contributed by atoms with E-state index in [1.165, 1.54) is 22.4 Å². The molecule has 2 N–H and O–H groups in total. The first kappa shape index (κ1) is 20.8. The molecular formula is C24H35N3O. The molecule has 2 aromatic rings. The third-order valence-electron chi connectivity index (χ3n) is 5.63. The Morgan fingerprint density at radius 1 is 1.07 bits per heavy atom. The molecule has 1 aliphatic rings. The number of hydrogen-bond acceptors (Lipinski definition) is 4.